The van der Waals surface area contributed by atoms with Crippen molar-refractivity contribution in [2.45, 2.75) is 108 Å². The van der Waals surface area contributed by atoms with Crippen molar-refractivity contribution in [1.29, 1.82) is 0 Å². The highest BCUT2D eigenvalue weighted by molar-refractivity contribution is 6.00. The SMILES string of the molecule is CC(C)(C)NC(=O)[C@@H]1N(C[C@@H]2CCCO2)C(=O)[C@H]2[C@@H](C(=O)NC3CCCCC3)[C@@]3(C)C=C[C@@]12O3. The third kappa shape index (κ3) is 3.87. The fraction of sp³-hybridized carbons (Fsp3) is 0.808. The Morgan fingerprint density at radius 1 is 1.09 bits per heavy atom. The number of hydrogen-bond donors (Lipinski definition) is 2. The van der Waals surface area contributed by atoms with Crippen molar-refractivity contribution in [3.63, 3.8) is 0 Å². The molecular formula is C26H39N3O5. The van der Waals surface area contributed by atoms with Crippen molar-refractivity contribution in [2.75, 3.05) is 13.2 Å². The molecule has 4 heterocycles. The van der Waals surface area contributed by atoms with E-state index in [0.717, 1.165) is 38.5 Å². The van der Waals surface area contributed by atoms with Crippen LogP contribution in [0.5, 0.6) is 0 Å². The Morgan fingerprint density at radius 3 is 2.47 bits per heavy atom. The summed E-state index contributed by atoms with van der Waals surface area (Å²) in [5.41, 5.74) is -2.52. The first-order chi connectivity index (χ1) is 16.0. The third-order valence-corrected chi connectivity index (χ3v) is 8.20. The van der Waals surface area contributed by atoms with Gasteiger partial charge in [-0.2, -0.15) is 0 Å². The molecule has 5 rings (SSSR count). The van der Waals surface area contributed by atoms with Crippen LogP contribution < -0.4 is 10.6 Å². The van der Waals surface area contributed by atoms with Gasteiger partial charge in [0.25, 0.3) is 0 Å². The maximum absolute atomic E-state index is 14.0. The van der Waals surface area contributed by atoms with E-state index in [2.05, 4.69) is 10.6 Å². The normalized spacial score (nSPS) is 39.5. The maximum Gasteiger partial charge on any atom is 0.246 e. The third-order valence-electron chi connectivity index (χ3n) is 8.20. The molecule has 0 aromatic rings. The lowest BCUT2D eigenvalue weighted by Crippen LogP contribution is -2.58. The van der Waals surface area contributed by atoms with Crippen molar-refractivity contribution in [3.05, 3.63) is 12.2 Å². The quantitative estimate of drug-likeness (QED) is 0.596. The molecule has 1 aliphatic carbocycles. The maximum atomic E-state index is 14.0. The highest BCUT2D eigenvalue weighted by Crippen LogP contribution is 2.59. The van der Waals surface area contributed by atoms with E-state index in [1.54, 1.807) is 4.90 Å². The molecule has 6 atom stereocenters. The average Bonchev–Trinajstić information content (AvgIpc) is 3.48. The fourth-order valence-corrected chi connectivity index (χ4v) is 6.81. The monoisotopic (exact) mass is 473 g/mol. The number of likely N-dealkylation sites (tertiary alicyclic amines) is 1. The molecule has 0 aromatic heterocycles. The number of hydrogen-bond acceptors (Lipinski definition) is 5. The molecule has 3 saturated heterocycles. The van der Waals surface area contributed by atoms with Crippen LogP contribution in [0.4, 0.5) is 0 Å². The molecule has 1 spiro atoms. The summed E-state index contributed by atoms with van der Waals surface area (Å²) in [5.74, 6) is -1.94. The predicted octanol–water partition coefficient (Wildman–Crippen LogP) is 2.07. The molecule has 0 radical (unpaired) electrons. The van der Waals surface area contributed by atoms with Crippen LogP contribution in [-0.2, 0) is 23.9 Å². The first kappa shape index (κ1) is 23.8. The number of carbonyl (C=O) groups is 3. The van der Waals surface area contributed by atoms with Gasteiger partial charge in [0, 0.05) is 24.7 Å². The second kappa shape index (κ2) is 8.33. The Balaban J connectivity index is 1.47. The number of amides is 3. The molecule has 8 nitrogen and oxygen atoms in total. The zero-order valence-electron chi connectivity index (χ0n) is 20.9. The van der Waals surface area contributed by atoms with Gasteiger partial charge in [-0.3, -0.25) is 14.4 Å². The topological polar surface area (TPSA) is 97.0 Å². The standard InChI is InChI=1S/C26H39N3O5/c1-24(2,3)28-22(31)20-26-13-12-25(4,34-26)18(21(30)27-16-9-6-5-7-10-16)19(26)23(32)29(20)15-17-11-8-14-33-17/h12-13,16-20H,5-11,14-15H2,1-4H3,(H,27,30)(H,28,31)/t17-,18-,19+,20-,25+,26-/m0/s1. The van der Waals surface area contributed by atoms with E-state index in [4.69, 9.17) is 9.47 Å². The lowest BCUT2D eigenvalue weighted by molar-refractivity contribution is -0.147. The van der Waals surface area contributed by atoms with Crippen molar-refractivity contribution >= 4 is 17.7 Å². The summed E-state index contributed by atoms with van der Waals surface area (Å²) in [7, 11) is 0. The Kier molecular flexibility index (Phi) is 5.83. The summed E-state index contributed by atoms with van der Waals surface area (Å²) < 4.78 is 12.4. The molecule has 188 valence electrons. The lowest BCUT2D eigenvalue weighted by atomic mass is 9.70. The molecule has 1 saturated carbocycles. The number of fused-ring (bicyclic) bond motifs is 1. The van der Waals surface area contributed by atoms with Crippen molar-refractivity contribution in [1.82, 2.24) is 15.5 Å². The molecule has 34 heavy (non-hydrogen) atoms. The summed E-state index contributed by atoms with van der Waals surface area (Å²) in [6, 6.07) is -0.692. The number of ether oxygens (including phenoxy) is 2. The van der Waals surface area contributed by atoms with E-state index in [9.17, 15) is 14.4 Å². The largest absolute Gasteiger partial charge is 0.376 e. The minimum absolute atomic E-state index is 0.101. The van der Waals surface area contributed by atoms with Crippen LogP contribution in [0.1, 0.15) is 72.6 Å². The first-order valence-corrected chi connectivity index (χ1v) is 13.0. The minimum atomic E-state index is -1.14. The molecular weight excluding hydrogens is 434 g/mol. The van der Waals surface area contributed by atoms with Crippen LogP contribution in [0.15, 0.2) is 12.2 Å². The number of rotatable bonds is 5. The van der Waals surface area contributed by atoms with Crippen molar-refractivity contribution in [3.8, 4) is 0 Å². The van der Waals surface area contributed by atoms with E-state index < -0.39 is 34.6 Å². The van der Waals surface area contributed by atoms with Crippen LogP contribution in [0.3, 0.4) is 0 Å². The fourth-order valence-electron chi connectivity index (χ4n) is 6.81. The van der Waals surface area contributed by atoms with Gasteiger partial charge in [0.15, 0.2) is 0 Å². The average molecular weight is 474 g/mol. The summed E-state index contributed by atoms with van der Waals surface area (Å²) in [6.07, 6.45) is 10.8. The lowest BCUT2D eigenvalue weighted by Gasteiger charge is -2.35. The molecule has 4 aliphatic heterocycles. The van der Waals surface area contributed by atoms with Gasteiger partial charge in [-0.05, 0) is 53.4 Å². The van der Waals surface area contributed by atoms with Crippen LogP contribution in [0.2, 0.25) is 0 Å². The van der Waals surface area contributed by atoms with Crippen LogP contribution >= 0.6 is 0 Å². The molecule has 0 unspecified atom stereocenters. The Labute approximate surface area is 202 Å². The van der Waals surface area contributed by atoms with Gasteiger partial charge in [0.05, 0.1) is 23.5 Å². The Hall–Kier alpha value is -1.93. The minimum Gasteiger partial charge on any atom is -0.376 e. The molecule has 2 bridgehead atoms. The molecule has 0 aromatic carbocycles. The molecule has 8 heteroatoms. The van der Waals surface area contributed by atoms with Crippen LogP contribution in [-0.4, -0.2) is 70.7 Å². The number of nitrogens with one attached hydrogen (secondary N) is 2. The summed E-state index contributed by atoms with van der Waals surface area (Å²) in [5, 5.41) is 6.28. The van der Waals surface area contributed by atoms with Gasteiger partial charge in [0.1, 0.15) is 11.6 Å². The second-order valence-corrected chi connectivity index (χ2v) is 12.0. The number of nitrogens with zero attached hydrogens (tertiary/aromatic N) is 1. The Bertz CT molecular complexity index is 885. The highest BCUT2D eigenvalue weighted by Gasteiger charge is 2.76. The van der Waals surface area contributed by atoms with Gasteiger partial charge < -0.3 is 25.0 Å². The number of carbonyl (C=O) groups excluding carboxylic acids is 3. The van der Waals surface area contributed by atoms with Crippen molar-refractivity contribution in [2.24, 2.45) is 11.8 Å². The van der Waals surface area contributed by atoms with Crippen LogP contribution in [0.25, 0.3) is 0 Å². The zero-order chi connectivity index (χ0) is 24.3. The predicted molar refractivity (Wildman–Crippen MR) is 126 cm³/mol. The van der Waals surface area contributed by atoms with Crippen LogP contribution in [0, 0.1) is 11.8 Å². The first-order valence-electron chi connectivity index (χ1n) is 13.0. The Morgan fingerprint density at radius 2 is 1.82 bits per heavy atom. The molecule has 4 fully saturated rings. The van der Waals surface area contributed by atoms with Gasteiger partial charge in [-0.1, -0.05) is 31.4 Å². The summed E-state index contributed by atoms with van der Waals surface area (Å²) in [4.78, 5) is 42.9. The van der Waals surface area contributed by atoms with E-state index in [0.29, 0.717) is 13.2 Å². The van der Waals surface area contributed by atoms with Crippen molar-refractivity contribution < 1.29 is 23.9 Å². The second-order valence-electron chi connectivity index (χ2n) is 12.0. The van der Waals surface area contributed by atoms with E-state index in [-0.39, 0.29) is 29.9 Å². The molecule has 2 N–H and O–H groups in total. The van der Waals surface area contributed by atoms with E-state index >= 15 is 0 Å². The highest BCUT2D eigenvalue weighted by atomic mass is 16.5. The summed E-state index contributed by atoms with van der Waals surface area (Å²) >= 11 is 0. The zero-order valence-corrected chi connectivity index (χ0v) is 20.9. The molecule has 5 aliphatic rings. The van der Waals surface area contributed by atoms with Gasteiger partial charge in [-0.25, -0.2) is 0 Å². The van der Waals surface area contributed by atoms with E-state index in [1.165, 1.54) is 6.42 Å². The molecule has 3 amide bonds. The summed E-state index contributed by atoms with van der Waals surface area (Å²) in [6.45, 7) is 8.65. The van der Waals surface area contributed by atoms with Gasteiger partial charge in [-0.15, -0.1) is 0 Å². The van der Waals surface area contributed by atoms with Gasteiger partial charge in [0.2, 0.25) is 17.7 Å². The smallest absolute Gasteiger partial charge is 0.246 e. The van der Waals surface area contributed by atoms with E-state index in [1.807, 2.05) is 39.8 Å². The van der Waals surface area contributed by atoms with Gasteiger partial charge >= 0.3 is 0 Å².